The summed E-state index contributed by atoms with van der Waals surface area (Å²) in [5.41, 5.74) is 3.53. The molecular weight excluding hydrogens is 380 g/mol. The second-order valence-electron chi connectivity index (χ2n) is 7.00. The van der Waals surface area contributed by atoms with Crippen molar-refractivity contribution in [1.29, 1.82) is 0 Å². The van der Waals surface area contributed by atoms with Gasteiger partial charge in [0, 0.05) is 37.7 Å². The number of aromatic nitrogens is 3. The van der Waals surface area contributed by atoms with Crippen molar-refractivity contribution in [3.8, 4) is 0 Å². The number of benzene rings is 1. The van der Waals surface area contributed by atoms with Gasteiger partial charge in [-0.2, -0.15) is 0 Å². The van der Waals surface area contributed by atoms with Crippen molar-refractivity contribution in [1.82, 2.24) is 19.3 Å². The highest BCUT2D eigenvalue weighted by Crippen LogP contribution is 2.15. The van der Waals surface area contributed by atoms with Crippen LogP contribution >= 0.6 is 0 Å². The smallest absolute Gasteiger partial charge is 0.276 e. The number of nitrogens with one attached hydrogen (secondary N) is 1. The number of fused-ring (bicyclic) bond motifs is 3. The molecule has 0 aliphatic carbocycles. The van der Waals surface area contributed by atoms with E-state index in [0.29, 0.717) is 43.0 Å². The Morgan fingerprint density at radius 3 is 2.70 bits per heavy atom. The molecule has 0 aliphatic heterocycles. The zero-order valence-electron chi connectivity index (χ0n) is 16.9. The van der Waals surface area contributed by atoms with Gasteiger partial charge >= 0.3 is 0 Å². The van der Waals surface area contributed by atoms with Gasteiger partial charge in [-0.15, -0.1) is 0 Å². The lowest BCUT2D eigenvalue weighted by Gasteiger charge is -2.12. The van der Waals surface area contributed by atoms with E-state index in [1.165, 1.54) is 0 Å². The first kappa shape index (κ1) is 19.8. The minimum absolute atomic E-state index is 0.0951. The van der Waals surface area contributed by atoms with Gasteiger partial charge in [0.25, 0.3) is 11.5 Å². The highest BCUT2D eigenvalue weighted by atomic mass is 16.5. The Labute approximate surface area is 173 Å². The summed E-state index contributed by atoms with van der Waals surface area (Å²) in [5, 5.41) is 2.89. The standard InChI is InChI=1S/C23H24N4O3/c1-2-30-15-5-13-25-22(28)18-10-8-17(9-11-18)16-27-21-19(6-3-12-24-21)26-14-4-7-20(26)23(27)29/h3-4,6-12,14H,2,5,13,15-16H2,1H3,(H,25,28). The van der Waals surface area contributed by atoms with Crippen LogP contribution in [0, 0.1) is 0 Å². The number of hydrogen-bond acceptors (Lipinski definition) is 4. The number of carbonyl (C=O) groups is 1. The summed E-state index contributed by atoms with van der Waals surface area (Å²) in [5.74, 6) is -0.114. The summed E-state index contributed by atoms with van der Waals surface area (Å²) in [6, 6.07) is 14.8. The van der Waals surface area contributed by atoms with Crippen molar-refractivity contribution in [2.75, 3.05) is 19.8 Å². The van der Waals surface area contributed by atoms with Gasteiger partial charge in [0.1, 0.15) is 5.52 Å². The summed E-state index contributed by atoms with van der Waals surface area (Å²) in [4.78, 5) is 29.7. The molecule has 1 N–H and O–H groups in total. The third kappa shape index (κ3) is 3.97. The predicted octanol–water partition coefficient (Wildman–Crippen LogP) is 2.85. The molecule has 1 amide bonds. The second kappa shape index (κ2) is 8.92. The summed E-state index contributed by atoms with van der Waals surface area (Å²) >= 11 is 0. The Balaban J connectivity index is 1.54. The number of hydrogen-bond donors (Lipinski definition) is 1. The molecule has 0 radical (unpaired) electrons. The third-order valence-corrected chi connectivity index (χ3v) is 5.01. The molecule has 1 aromatic carbocycles. The van der Waals surface area contributed by atoms with Crippen LogP contribution in [0.2, 0.25) is 0 Å². The maximum Gasteiger partial charge on any atom is 0.276 e. The average molecular weight is 404 g/mol. The van der Waals surface area contributed by atoms with E-state index in [2.05, 4.69) is 10.3 Å². The highest BCUT2D eigenvalue weighted by molar-refractivity contribution is 5.94. The van der Waals surface area contributed by atoms with E-state index < -0.39 is 0 Å². The SMILES string of the molecule is CCOCCCNC(=O)c1ccc(Cn2c(=O)c3cccn3c3cccnc32)cc1. The van der Waals surface area contributed by atoms with Crippen molar-refractivity contribution in [2.24, 2.45) is 0 Å². The summed E-state index contributed by atoms with van der Waals surface area (Å²) in [7, 11) is 0. The number of amides is 1. The molecule has 4 rings (SSSR count). The van der Waals surface area contributed by atoms with Gasteiger partial charge in [0.05, 0.1) is 12.1 Å². The van der Waals surface area contributed by atoms with Crippen molar-refractivity contribution in [3.63, 3.8) is 0 Å². The zero-order chi connectivity index (χ0) is 20.9. The minimum atomic E-state index is -0.114. The van der Waals surface area contributed by atoms with Gasteiger partial charge < -0.3 is 14.5 Å². The van der Waals surface area contributed by atoms with Gasteiger partial charge in [-0.25, -0.2) is 4.98 Å². The first-order valence-corrected chi connectivity index (χ1v) is 10.1. The lowest BCUT2D eigenvalue weighted by Crippen LogP contribution is -2.25. The Morgan fingerprint density at radius 1 is 1.10 bits per heavy atom. The lowest BCUT2D eigenvalue weighted by atomic mass is 10.1. The van der Waals surface area contributed by atoms with Crippen molar-refractivity contribution in [3.05, 3.63) is 82.4 Å². The molecule has 154 valence electrons. The third-order valence-electron chi connectivity index (χ3n) is 5.01. The summed E-state index contributed by atoms with van der Waals surface area (Å²) in [6.07, 6.45) is 4.34. The fraction of sp³-hybridized carbons (Fsp3) is 0.261. The van der Waals surface area contributed by atoms with Crippen LogP contribution in [0.3, 0.4) is 0 Å². The van der Waals surface area contributed by atoms with Crippen LogP contribution in [0.4, 0.5) is 0 Å². The number of nitrogens with zero attached hydrogens (tertiary/aromatic N) is 3. The molecule has 0 bridgehead atoms. The zero-order valence-corrected chi connectivity index (χ0v) is 16.9. The van der Waals surface area contributed by atoms with Crippen LogP contribution in [0.15, 0.2) is 65.7 Å². The number of rotatable bonds is 8. The van der Waals surface area contributed by atoms with Crippen molar-refractivity contribution >= 4 is 22.6 Å². The molecule has 0 unspecified atom stereocenters. The maximum atomic E-state index is 13.0. The van der Waals surface area contributed by atoms with Crippen LogP contribution in [-0.4, -0.2) is 39.6 Å². The molecule has 0 saturated heterocycles. The summed E-state index contributed by atoms with van der Waals surface area (Å²) < 4.78 is 8.80. The number of pyridine rings is 1. The first-order valence-electron chi connectivity index (χ1n) is 10.1. The highest BCUT2D eigenvalue weighted by Gasteiger charge is 2.12. The van der Waals surface area contributed by atoms with E-state index in [-0.39, 0.29) is 11.5 Å². The lowest BCUT2D eigenvalue weighted by molar-refractivity contribution is 0.0944. The van der Waals surface area contributed by atoms with Crippen molar-refractivity contribution < 1.29 is 9.53 Å². The van der Waals surface area contributed by atoms with Gasteiger partial charge in [-0.1, -0.05) is 12.1 Å². The maximum absolute atomic E-state index is 13.0. The molecule has 0 atom stereocenters. The van der Waals surface area contributed by atoms with E-state index >= 15 is 0 Å². The molecule has 0 saturated carbocycles. The number of ether oxygens (including phenoxy) is 1. The van der Waals surface area contributed by atoms with Crippen molar-refractivity contribution in [2.45, 2.75) is 19.9 Å². The van der Waals surface area contributed by atoms with E-state index in [1.54, 1.807) is 22.9 Å². The molecule has 0 spiro atoms. The fourth-order valence-electron chi connectivity index (χ4n) is 3.50. The molecule has 7 heteroatoms. The average Bonchev–Trinajstić information content (AvgIpc) is 3.27. The topological polar surface area (TPSA) is 77.6 Å². The molecule has 4 aromatic rings. The molecule has 3 heterocycles. The van der Waals surface area contributed by atoms with E-state index in [1.807, 2.05) is 53.9 Å². The summed E-state index contributed by atoms with van der Waals surface area (Å²) in [6.45, 7) is 4.22. The van der Waals surface area contributed by atoms with Gasteiger partial charge in [0.2, 0.25) is 0 Å². The molecule has 3 aromatic heterocycles. The molecule has 7 nitrogen and oxygen atoms in total. The Morgan fingerprint density at radius 2 is 1.90 bits per heavy atom. The van der Waals surface area contributed by atoms with E-state index in [9.17, 15) is 9.59 Å². The molecular formula is C23H24N4O3. The van der Waals surface area contributed by atoms with Crippen LogP contribution in [0.1, 0.15) is 29.3 Å². The van der Waals surface area contributed by atoms with Gasteiger partial charge in [0.15, 0.2) is 5.65 Å². The Bertz CT molecular complexity index is 1220. The normalized spacial score (nSPS) is 11.2. The minimum Gasteiger partial charge on any atom is -0.382 e. The monoisotopic (exact) mass is 404 g/mol. The van der Waals surface area contributed by atoms with Gasteiger partial charge in [-0.3, -0.25) is 14.2 Å². The molecule has 0 fully saturated rings. The Hall–Kier alpha value is -3.45. The fourth-order valence-corrected chi connectivity index (χ4v) is 3.50. The van der Waals surface area contributed by atoms with Crippen LogP contribution < -0.4 is 10.9 Å². The predicted molar refractivity (Wildman–Crippen MR) is 116 cm³/mol. The molecule has 0 aliphatic rings. The largest absolute Gasteiger partial charge is 0.382 e. The van der Waals surface area contributed by atoms with E-state index in [0.717, 1.165) is 17.5 Å². The second-order valence-corrected chi connectivity index (χ2v) is 7.00. The number of carbonyl (C=O) groups excluding carboxylic acids is 1. The molecule has 30 heavy (non-hydrogen) atoms. The van der Waals surface area contributed by atoms with E-state index in [4.69, 9.17) is 4.74 Å². The Kier molecular flexibility index (Phi) is 5.90. The van der Waals surface area contributed by atoms with Gasteiger partial charge in [-0.05, 0) is 55.3 Å². The quantitative estimate of drug-likeness (QED) is 0.458. The van der Waals surface area contributed by atoms with Crippen LogP contribution in [-0.2, 0) is 11.3 Å². The first-order chi connectivity index (χ1) is 14.7. The van der Waals surface area contributed by atoms with Crippen LogP contribution in [0.25, 0.3) is 16.7 Å². The van der Waals surface area contributed by atoms with Crippen LogP contribution in [0.5, 0.6) is 0 Å².